The smallest absolute Gasteiger partial charge is 0.328 e. The second-order valence-electron chi connectivity index (χ2n) is 5.43. The highest BCUT2D eigenvalue weighted by Gasteiger charge is 2.38. The summed E-state index contributed by atoms with van der Waals surface area (Å²) in [5, 5.41) is 11.5. The van der Waals surface area contributed by atoms with Gasteiger partial charge in [0.25, 0.3) is 0 Å². The third kappa shape index (κ3) is 2.46. The zero-order chi connectivity index (χ0) is 12.6. The molecule has 92 valence electrons. The highest BCUT2D eigenvalue weighted by molar-refractivity contribution is 5.85. The number of aliphatic carboxylic acids is 1. The number of carboxylic acids is 1. The fourth-order valence-corrected chi connectivity index (χ4v) is 1.87. The van der Waals surface area contributed by atoms with Crippen molar-refractivity contribution in [3.05, 3.63) is 0 Å². The maximum absolute atomic E-state index is 11.9. The molecule has 1 aliphatic rings. The number of amides is 2. The Morgan fingerprint density at radius 1 is 1.38 bits per heavy atom. The van der Waals surface area contributed by atoms with Crippen molar-refractivity contribution in [2.24, 2.45) is 0 Å². The largest absolute Gasteiger partial charge is 0.480 e. The summed E-state index contributed by atoms with van der Waals surface area (Å²) in [6.07, 6.45) is 1.92. The van der Waals surface area contributed by atoms with E-state index in [1.54, 1.807) is 4.90 Å². The van der Waals surface area contributed by atoms with Crippen LogP contribution in [0.3, 0.4) is 0 Å². The molecular weight excluding hydrogens is 208 g/mol. The first-order chi connectivity index (χ1) is 7.17. The zero-order valence-electron chi connectivity index (χ0n) is 10.3. The molecule has 0 spiro atoms. The molecule has 0 saturated carbocycles. The predicted octanol–water partition coefficient (Wildman–Crippen LogP) is 1.43. The van der Waals surface area contributed by atoms with Gasteiger partial charge in [-0.25, -0.2) is 9.59 Å². The molecular formula is C11H20N2O3. The molecule has 1 aliphatic heterocycles. The Bertz CT molecular complexity index is 310. The molecule has 0 unspecified atom stereocenters. The lowest BCUT2D eigenvalue weighted by Crippen LogP contribution is -2.57. The van der Waals surface area contributed by atoms with Crippen LogP contribution in [0.5, 0.6) is 0 Å². The van der Waals surface area contributed by atoms with Gasteiger partial charge in [0.15, 0.2) is 0 Å². The van der Waals surface area contributed by atoms with Gasteiger partial charge >= 0.3 is 12.0 Å². The van der Waals surface area contributed by atoms with Crippen LogP contribution in [0, 0.1) is 0 Å². The van der Waals surface area contributed by atoms with Gasteiger partial charge in [-0.05, 0) is 40.5 Å². The van der Waals surface area contributed by atoms with Gasteiger partial charge in [0.1, 0.15) is 5.54 Å². The van der Waals surface area contributed by atoms with Crippen molar-refractivity contribution < 1.29 is 14.7 Å². The van der Waals surface area contributed by atoms with E-state index >= 15 is 0 Å². The lowest BCUT2D eigenvalue weighted by molar-refractivity contribution is -0.143. The Morgan fingerprint density at radius 3 is 2.31 bits per heavy atom. The minimum atomic E-state index is -1.23. The quantitative estimate of drug-likeness (QED) is 0.751. The lowest BCUT2D eigenvalue weighted by atomic mass is 10.0. The molecule has 16 heavy (non-hydrogen) atoms. The van der Waals surface area contributed by atoms with Crippen LogP contribution in [0.2, 0.25) is 0 Å². The molecule has 0 atom stereocenters. The highest BCUT2D eigenvalue weighted by atomic mass is 16.4. The van der Waals surface area contributed by atoms with E-state index in [1.807, 2.05) is 13.8 Å². The van der Waals surface area contributed by atoms with Crippen molar-refractivity contribution >= 4 is 12.0 Å². The number of carbonyl (C=O) groups is 2. The average molecular weight is 228 g/mol. The van der Waals surface area contributed by atoms with Gasteiger partial charge in [0.05, 0.1) is 0 Å². The Morgan fingerprint density at radius 2 is 1.94 bits per heavy atom. The molecule has 0 aliphatic carbocycles. The monoisotopic (exact) mass is 228 g/mol. The molecule has 1 heterocycles. The summed E-state index contributed by atoms with van der Waals surface area (Å²) in [6.45, 7) is 7.64. The van der Waals surface area contributed by atoms with Crippen LogP contribution < -0.4 is 5.32 Å². The van der Waals surface area contributed by atoms with Crippen molar-refractivity contribution in [3.8, 4) is 0 Å². The molecule has 2 amide bonds. The van der Waals surface area contributed by atoms with E-state index in [9.17, 15) is 9.59 Å². The first-order valence-corrected chi connectivity index (χ1v) is 5.50. The van der Waals surface area contributed by atoms with Crippen molar-refractivity contribution in [1.82, 2.24) is 10.2 Å². The number of likely N-dealkylation sites (tertiary alicyclic amines) is 1. The molecule has 1 saturated heterocycles. The van der Waals surface area contributed by atoms with Crippen LogP contribution in [-0.4, -0.2) is 39.6 Å². The molecule has 0 radical (unpaired) electrons. The Balaban J connectivity index is 2.70. The number of carboxylic acid groups (broad SMARTS) is 1. The molecule has 0 aromatic rings. The normalized spacial score (nSPS) is 19.6. The summed E-state index contributed by atoms with van der Waals surface area (Å²) in [7, 11) is 0. The molecule has 1 rings (SSSR count). The standard InChI is InChI=1S/C11H20N2O3/c1-10(2)6-5-7-13(10)9(16)12-11(3,4)8(14)15/h5-7H2,1-4H3,(H,12,16)(H,14,15). The van der Waals surface area contributed by atoms with Crippen molar-refractivity contribution in [1.29, 1.82) is 0 Å². The van der Waals surface area contributed by atoms with Crippen LogP contribution in [0.1, 0.15) is 40.5 Å². The molecule has 0 aromatic heterocycles. The van der Waals surface area contributed by atoms with Crippen molar-refractivity contribution in [3.63, 3.8) is 0 Å². The molecule has 5 nitrogen and oxygen atoms in total. The number of nitrogens with zero attached hydrogens (tertiary/aromatic N) is 1. The van der Waals surface area contributed by atoms with E-state index in [-0.39, 0.29) is 11.6 Å². The fraction of sp³-hybridized carbons (Fsp3) is 0.818. The second-order valence-corrected chi connectivity index (χ2v) is 5.43. The topological polar surface area (TPSA) is 69.6 Å². The van der Waals surface area contributed by atoms with E-state index in [2.05, 4.69) is 5.32 Å². The van der Waals surface area contributed by atoms with Gasteiger partial charge in [-0.3, -0.25) is 0 Å². The highest BCUT2D eigenvalue weighted by Crippen LogP contribution is 2.28. The maximum Gasteiger partial charge on any atom is 0.328 e. The van der Waals surface area contributed by atoms with Gasteiger partial charge < -0.3 is 15.3 Å². The first kappa shape index (κ1) is 12.8. The van der Waals surface area contributed by atoms with Gasteiger partial charge in [-0.2, -0.15) is 0 Å². The van der Waals surface area contributed by atoms with Crippen molar-refractivity contribution in [2.75, 3.05) is 6.54 Å². The summed E-state index contributed by atoms with van der Waals surface area (Å²) in [5.74, 6) is -1.03. The summed E-state index contributed by atoms with van der Waals surface area (Å²) < 4.78 is 0. The molecule has 0 aromatic carbocycles. The maximum atomic E-state index is 11.9. The lowest BCUT2D eigenvalue weighted by Gasteiger charge is -2.34. The van der Waals surface area contributed by atoms with Crippen LogP contribution in [0.15, 0.2) is 0 Å². The van der Waals surface area contributed by atoms with E-state index in [4.69, 9.17) is 5.11 Å². The third-order valence-corrected chi connectivity index (χ3v) is 3.10. The Labute approximate surface area is 95.8 Å². The molecule has 5 heteroatoms. The predicted molar refractivity (Wildman–Crippen MR) is 60.3 cm³/mol. The number of nitrogens with one attached hydrogen (secondary N) is 1. The van der Waals surface area contributed by atoms with Crippen molar-refractivity contribution in [2.45, 2.75) is 51.6 Å². The average Bonchev–Trinajstić information content (AvgIpc) is 2.43. The van der Waals surface area contributed by atoms with Gasteiger partial charge in [0, 0.05) is 12.1 Å². The molecule has 2 N–H and O–H groups in total. The number of rotatable bonds is 2. The van der Waals surface area contributed by atoms with E-state index in [0.717, 1.165) is 12.8 Å². The number of carbonyl (C=O) groups excluding carboxylic acids is 1. The fourth-order valence-electron chi connectivity index (χ4n) is 1.87. The van der Waals surface area contributed by atoms with Gasteiger partial charge in [0.2, 0.25) is 0 Å². The summed E-state index contributed by atoms with van der Waals surface area (Å²) in [4.78, 5) is 24.5. The van der Waals surface area contributed by atoms with E-state index < -0.39 is 11.5 Å². The van der Waals surface area contributed by atoms with Crippen LogP contribution >= 0.6 is 0 Å². The second kappa shape index (κ2) is 3.96. The first-order valence-electron chi connectivity index (χ1n) is 5.50. The van der Waals surface area contributed by atoms with E-state index in [0.29, 0.717) is 6.54 Å². The summed E-state index contributed by atoms with van der Waals surface area (Å²) in [6, 6.07) is -0.296. The Hall–Kier alpha value is -1.26. The van der Waals surface area contributed by atoms with Crippen LogP contribution in [-0.2, 0) is 4.79 Å². The minimum Gasteiger partial charge on any atom is -0.480 e. The van der Waals surface area contributed by atoms with Crippen LogP contribution in [0.25, 0.3) is 0 Å². The van der Waals surface area contributed by atoms with Gasteiger partial charge in [-0.15, -0.1) is 0 Å². The summed E-state index contributed by atoms with van der Waals surface area (Å²) >= 11 is 0. The van der Waals surface area contributed by atoms with Gasteiger partial charge in [-0.1, -0.05) is 0 Å². The number of hydrogen-bond acceptors (Lipinski definition) is 2. The zero-order valence-corrected chi connectivity index (χ0v) is 10.3. The number of hydrogen-bond donors (Lipinski definition) is 2. The minimum absolute atomic E-state index is 0.182. The van der Waals surface area contributed by atoms with Crippen LogP contribution in [0.4, 0.5) is 4.79 Å². The summed E-state index contributed by atoms with van der Waals surface area (Å²) in [5.41, 5.74) is -1.41. The molecule has 0 bridgehead atoms. The SMILES string of the molecule is CC(C)(NC(=O)N1CCCC1(C)C)C(=O)O. The Kier molecular flexibility index (Phi) is 3.17. The third-order valence-electron chi connectivity index (χ3n) is 3.10. The van der Waals surface area contributed by atoms with E-state index in [1.165, 1.54) is 13.8 Å². The number of urea groups is 1. The molecule has 1 fully saturated rings.